The van der Waals surface area contributed by atoms with Gasteiger partial charge >= 0.3 is 0 Å². The van der Waals surface area contributed by atoms with Crippen LogP contribution in [0.25, 0.3) is 11.5 Å². The first-order valence-corrected chi connectivity index (χ1v) is 6.53. The zero-order valence-electron chi connectivity index (χ0n) is 10.0. The third kappa shape index (κ3) is 2.82. The quantitative estimate of drug-likeness (QED) is 0.878. The first-order chi connectivity index (χ1) is 8.61. The Bertz CT molecular complexity index is 627. The lowest BCUT2D eigenvalue weighted by Gasteiger charge is -2.07. The molecule has 1 N–H and O–H groups in total. The van der Waals surface area contributed by atoms with Crippen molar-refractivity contribution in [2.75, 3.05) is 7.11 Å². The molecule has 94 valence electrons. The Morgan fingerprint density at radius 3 is 2.83 bits per heavy atom. The summed E-state index contributed by atoms with van der Waals surface area (Å²) in [5.74, 6) is 0.652. The third-order valence-electron chi connectivity index (χ3n) is 2.35. The molecule has 0 saturated heterocycles. The van der Waals surface area contributed by atoms with Gasteiger partial charge in [0.15, 0.2) is 5.82 Å². The summed E-state index contributed by atoms with van der Waals surface area (Å²) in [5.41, 5.74) is 2.56. The van der Waals surface area contributed by atoms with Gasteiger partial charge in [0.25, 0.3) is 0 Å². The van der Waals surface area contributed by atoms with Crippen molar-refractivity contribution in [1.29, 1.82) is 0 Å². The van der Waals surface area contributed by atoms with Crippen LogP contribution in [0.15, 0.2) is 22.7 Å². The Kier molecular flexibility index (Phi) is 4.21. The molecule has 0 aromatic carbocycles. The van der Waals surface area contributed by atoms with E-state index in [4.69, 9.17) is 17.0 Å². The molecule has 0 radical (unpaired) electrons. The maximum atomic E-state index is 5.21. The van der Waals surface area contributed by atoms with Crippen LogP contribution in [0.4, 0.5) is 0 Å². The second-order valence-electron chi connectivity index (χ2n) is 3.78. The van der Waals surface area contributed by atoms with Gasteiger partial charge in [-0.2, -0.15) is 0 Å². The summed E-state index contributed by atoms with van der Waals surface area (Å²) < 4.78 is 6.38. The maximum Gasteiger partial charge on any atom is 0.157 e. The van der Waals surface area contributed by atoms with E-state index in [1.807, 2.05) is 25.1 Å². The van der Waals surface area contributed by atoms with E-state index in [0.717, 1.165) is 21.6 Å². The number of rotatable bonds is 3. The molecule has 2 rings (SSSR count). The minimum atomic E-state index is 0.436. The Hall–Kier alpha value is -1.11. The van der Waals surface area contributed by atoms with E-state index in [2.05, 4.69) is 30.9 Å². The van der Waals surface area contributed by atoms with Crippen molar-refractivity contribution in [2.24, 2.45) is 0 Å². The van der Waals surface area contributed by atoms with Crippen LogP contribution in [0.5, 0.6) is 0 Å². The highest BCUT2D eigenvalue weighted by Gasteiger charge is 2.08. The lowest BCUT2D eigenvalue weighted by Crippen LogP contribution is -2.01. The number of hydrogen-bond acceptors (Lipinski definition) is 4. The fourth-order valence-electron chi connectivity index (χ4n) is 1.55. The SMILES string of the molecule is COCc1[nH]c(-c2cccc(C)n2)nc(=S)c1Br. The van der Waals surface area contributed by atoms with Gasteiger partial charge in [0.05, 0.1) is 16.8 Å². The fourth-order valence-corrected chi connectivity index (χ4v) is 2.06. The van der Waals surface area contributed by atoms with Crippen LogP contribution < -0.4 is 0 Å². The van der Waals surface area contributed by atoms with E-state index >= 15 is 0 Å². The molecule has 4 nitrogen and oxygen atoms in total. The summed E-state index contributed by atoms with van der Waals surface area (Å²) in [6, 6.07) is 5.77. The average molecular weight is 326 g/mol. The van der Waals surface area contributed by atoms with Gasteiger partial charge < -0.3 is 9.72 Å². The van der Waals surface area contributed by atoms with Crippen LogP contribution in [-0.2, 0) is 11.3 Å². The van der Waals surface area contributed by atoms with Gasteiger partial charge in [0.1, 0.15) is 10.3 Å². The average Bonchev–Trinajstić information content (AvgIpc) is 2.35. The molecule has 0 bridgehead atoms. The van der Waals surface area contributed by atoms with E-state index in [9.17, 15) is 0 Å². The van der Waals surface area contributed by atoms with Gasteiger partial charge in [-0.15, -0.1) is 0 Å². The zero-order chi connectivity index (χ0) is 13.1. The van der Waals surface area contributed by atoms with Crippen LogP contribution in [-0.4, -0.2) is 22.1 Å². The monoisotopic (exact) mass is 325 g/mol. The number of nitrogens with zero attached hydrogens (tertiary/aromatic N) is 2. The number of ether oxygens (including phenoxy) is 1. The van der Waals surface area contributed by atoms with Crippen molar-refractivity contribution < 1.29 is 4.74 Å². The largest absolute Gasteiger partial charge is 0.378 e. The number of pyridine rings is 1. The van der Waals surface area contributed by atoms with E-state index in [1.165, 1.54) is 0 Å². The van der Waals surface area contributed by atoms with Gasteiger partial charge in [-0.1, -0.05) is 18.3 Å². The molecule has 0 spiro atoms. The molecule has 0 amide bonds. The minimum Gasteiger partial charge on any atom is -0.378 e. The summed E-state index contributed by atoms with van der Waals surface area (Å²) in [4.78, 5) is 11.9. The molecular formula is C12H12BrN3OS. The molecule has 2 aromatic heterocycles. The van der Waals surface area contributed by atoms with Gasteiger partial charge in [-0.3, -0.25) is 0 Å². The van der Waals surface area contributed by atoms with Crippen molar-refractivity contribution in [3.63, 3.8) is 0 Å². The second kappa shape index (κ2) is 5.69. The van der Waals surface area contributed by atoms with Crippen molar-refractivity contribution >= 4 is 28.1 Å². The lowest BCUT2D eigenvalue weighted by atomic mass is 10.3. The second-order valence-corrected chi connectivity index (χ2v) is 4.96. The van der Waals surface area contributed by atoms with E-state index in [1.54, 1.807) is 7.11 Å². The van der Waals surface area contributed by atoms with Gasteiger partial charge in [0, 0.05) is 12.8 Å². The van der Waals surface area contributed by atoms with Gasteiger partial charge in [-0.25, -0.2) is 9.97 Å². The number of aryl methyl sites for hydroxylation is 1. The molecule has 2 heterocycles. The number of aromatic amines is 1. The number of H-pyrrole nitrogens is 1. The topological polar surface area (TPSA) is 50.8 Å². The standard InChI is InChI=1S/C12H12BrN3OS/c1-7-4-3-5-8(14-7)11-15-9(6-17-2)10(13)12(18)16-11/h3-5H,6H2,1-2H3,(H,15,16,18). The Labute approximate surface area is 119 Å². The highest BCUT2D eigenvalue weighted by molar-refractivity contribution is 9.10. The predicted molar refractivity (Wildman–Crippen MR) is 75.8 cm³/mol. The summed E-state index contributed by atoms with van der Waals surface area (Å²) >= 11 is 8.62. The molecule has 0 aliphatic heterocycles. The third-order valence-corrected chi connectivity index (χ3v) is 3.77. The first-order valence-electron chi connectivity index (χ1n) is 5.33. The van der Waals surface area contributed by atoms with Crippen LogP contribution in [0.2, 0.25) is 0 Å². The number of halogens is 1. The number of hydrogen-bond donors (Lipinski definition) is 1. The molecule has 18 heavy (non-hydrogen) atoms. The molecule has 0 aliphatic rings. The number of nitrogens with one attached hydrogen (secondary N) is 1. The van der Waals surface area contributed by atoms with Crippen molar-refractivity contribution in [3.05, 3.63) is 38.7 Å². The molecule has 0 fully saturated rings. The smallest absolute Gasteiger partial charge is 0.157 e. The molecule has 0 unspecified atom stereocenters. The minimum absolute atomic E-state index is 0.436. The summed E-state index contributed by atoms with van der Waals surface area (Å²) in [7, 11) is 1.63. The first kappa shape index (κ1) is 13.3. The van der Waals surface area contributed by atoms with E-state index in [-0.39, 0.29) is 0 Å². The molecular weight excluding hydrogens is 314 g/mol. The molecule has 2 aromatic rings. The highest BCUT2D eigenvalue weighted by atomic mass is 79.9. The van der Waals surface area contributed by atoms with Crippen molar-refractivity contribution in [3.8, 4) is 11.5 Å². The number of methoxy groups -OCH3 is 1. The molecule has 0 saturated carbocycles. The molecule has 0 atom stereocenters. The summed E-state index contributed by atoms with van der Waals surface area (Å²) in [5, 5.41) is 0. The zero-order valence-corrected chi connectivity index (χ0v) is 12.4. The molecule has 0 aliphatic carbocycles. The van der Waals surface area contributed by atoms with E-state index < -0.39 is 0 Å². The van der Waals surface area contributed by atoms with E-state index in [0.29, 0.717) is 17.1 Å². The Morgan fingerprint density at radius 2 is 2.17 bits per heavy atom. The Morgan fingerprint density at radius 1 is 1.39 bits per heavy atom. The fraction of sp³-hybridized carbons (Fsp3) is 0.250. The van der Waals surface area contributed by atoms with Crippen LogP contribution >= 0.6 is 28.1 Å². The van der Waals surface area contributed by atoms with Crippen molar-refractivity contribution in [1.82, 2.24) is 15.0 Å². The summed E-state index contributed by atoms with van der Waals surface area (Å²) in [6.07, 6.45) is 0. The molecule has 6 heteroatoms. The maximum absolute atomic E-state index is 5.21. The van der Waals surface area contributed by atoms with Gasteiger partial charge in [-0.05, 0) is 35.0 Å². The predicted octanol–water partition coefficient (Wildman–Crippen LogP) is 3.42. The van der Waals surface area contributed by atoms with Crippen LogP contribution in [0, 0.1) is 11.6 Å². The van der Waals surface area contributed by atoms with Crippen LogP contribution in [0.3, 0.4) is 0 Å². The lowest BCUT2D eigenvalue weighted by molar-refractivity contribution is 0.181. The van der Waals surface area contributed by atoms with Crippen molar-refractivity contribution in [2.45, 2.75) is 13.5 Å². The van der Waals surface area contributed by atoms with Gasteiger partial charge in [0.2, 0.25) is 0 Å². The highest BCUT2D eigenvalue weighted by Crippen LogP contribution is 2.20. The number of aromatic nitrogens is 3. The normalized spacial score (nSPS) is 10.6. The summed E-state index contributed by atoms with van der Waals surface area (Å²) in [6.45, 7) is 2.37. The Balaban J connectivity index is 2.55. The van der Waals surface area contributed by atoms with Crippen LogP contribution in [0.1, 0.15) is 11.4 Å².